The van der Waals surface area contributed by atoms with E-state index in [-0.39, 0.29) is 11.3 Å². The highest BCUT2D eigenvalue weighted by atomic mass is 16.4. The largest absolute Gasteiger partial charge is 0.481 e. The summed E-state index contributed by atoms with van der Waals surface area (Å²) in [5.41, 5.74) is 0.123. The Morgan fingerprint density at radius 3 is 2.62 bits per heavy atom. The molecule has 0 amide bonds. The molecule has 2 atom stereocenters. The lowest BCUT2D eigenvalue weighted by molar-refractivity contribution is -0.147. The van der Waals surface area contributed by atoms with Crippen molar-refractivity contribution in [3.8, 4) is 0 Å². The van der Waals surface area contributed by atoms with E-state index in [0.29, 0.717) is 12.8 Å². The van der Waals surface area contributed by atoms with E-state index in [2.05, 4.69) is 13.8 Å². The number of aldehydes is 1. The average Bonchev–Trinajstić information content (AvgIpc) is 2.01. The van der Waals surface area contributed by atoms with Crippen LogP contribution >= 0.6 is 0 Å². The monoisotopic (exact) mass is 184 g/mol. The van der Waals surface area contributed by atoms with Gasteiger partial charge < -0.3 is 9.90 Å². The van der Waals surface area contributed by atoms with Crippen molar-refractivity contribution in [1.82, 2.24) is 0 Å². The SMILES string of the molecule is CC1(C)CCC(C(=O)O)C(C=O)C1. The molecule has 2 unspecified atom stereocenters. The van der Waals surface area contributed by atoms with Crippen LogP contribution in [0.25, 0.3) is 0 Å². The fourth-order valence-electron chi connectivity index (χ4n) is 2.09. The lowest BCUT2D eigenvalue weighted by Gasteiger charge is -2.36. The van der Waals surface area contributed by atoms with Gasteiger partial charge in [0.1, 0.15) is 6.29 Å². The molecule has 0 saturated heterocycles. The standard InChI is InChI=1S/C10H16O3/c1-10(2)4-3-8(9(12)13)7(5-10)6-11/h6-8H,3-5H2,1-2H3,(H,12,13). The van der Waals surface area contributed by atoms with Crippen LogP contribution in [-0.4, -0.2) is 17.4 Å². The minimum atomic E-state index is -0.826. The van der Waals surface area contributed by atoms with Crippen LogP contribution < -0.4 is 0 Å². The molecule has 0 aromatic carbocycles. The molecule has 0 radical (unpaired) electrons. The summed E-state index contributed by atoms with van der Waals surface area (Å²) in [5, 5.41) is 8.85. The van der Waals surface area contributed by atoms with Crippen LogP contribution in [0.3, 0.4) is 0 Å². The average molecular weight is 184 g/mol. The Labute approximate surface area is 78.1 Å². The first-order valence-corrected chi connectivity index (χ1v) is 4.64. The zero-order valence-corrected chi connectivity index (χ0v) is 8.12. The maximum Gasteiger partial charge on any atom is 0.307 e. The topological polar surface area (TPSA) is 54.4 Å². The van der Waals surface area contributed by atoms with Crippen LogP contribution in [0.15, 0.2) is 0 Å². The number of aliphatic carboxylic acids is 1. The van der Waals surface area contributed by atoms with Crippen molar-refractivity contribution >= 4 is 12.3 Å². The van der Waals surface area contributed by atoms with E-state index < -0.39 is 11.9 Å². The molecule has 0 spiro atoms. The van der Waals surface area contributed by atoms with Gasteiger partial charge >= 0.3 is 5.97 Å². The van der Waals surface area contributed by atoms with Crippen molar-refractivity contribution in [2.45, 2.75) is 33.1 Å². The van der Waals surface area contributed by atoms with Crippen LogP contribution in [0.2, 0.25) is 0 Å². The van der Waals surface area contributed by atoms with Crippen molar-refractivity contribution in [1.29, 1.82) is 0 Å². The third-order valence-electron chi connectivity index (χ3n) is 2.93. The van der Waals surface area contributed by atoms with Crippen LogP contribution in [0.4, 0.5) is 0 Å². The molecule has 0 aromatic rings. The zero-order chi connectivity index (χ0) is 10.1. The highest BCUT2D eigenvalue weighted by molar-refractivity contribution is 5.75. The second kappa shape index (κ2) is 3.48. The third kappa shape index (κ3) is 2.29. The normalized spacial score (nSPS) is 32.5. The zero-order valence-electron chi connectivity index (χ0n) is 8.12. The van der Waals surface area contributed by atoms with E-state index >= 15 is 0 Å². The number of rotatable bonds is 2. The van der Waals surface area contributed by atoms with E-state index in [0.717, 1.165) is 12.7 Å². The van der Waals surface area contributed by atoms with E-state index in [1.165, 1.54) is 0 Å². The Bertz CT molecular complexity index is 220. The molecule has 0 bridgehead atoms. The van der Waals surface area contributed by atoms with Gasteiger partial charge in [0, 0.05) is 5.92 Å². The minimum absolute atomic E-state index is 0.123. The molecule has 3 nitrogen and oxygen atoms in total. The van der Waals surface area contributed by atoms with Crippen molar-refractivity contribution in [3.05, 3.63) is 0 Å². The van der Waals surface area contributed by atoms with Crippen molar-refractivity contribution in [2.75, 3.05) is 0 Å². The lowest BCUT2D eigenvalue weighted by atomic mass is 9.68. The van der Waals surface area contributed by atoms with E-state index in [4.69, 9.17) is 5.11 Å². The van der Waals surface area contributed by atoms with Gasteiger partial charge in [0.25, 0.3) is 0 Å². The summed E-state index contributed by atoms with van der Waals surface area (Å²) < 4.78 is 0. The molecular weight excluding hydrogens is 168 g/mol. The van der Waals surface area contributed by atoms with Gasteiger partial charge in [0.05, 0.1) is 5.92 Å². The van der Waals surface area contributed by atoms with Crippen molar-refractivity contribution in [3.63, 3.8) is 0 Å². The Balaban J connectivity index is 2.71. The first-order chi connectivity index (χ1) is 5.96. The highest BCUT2D eigenvalue weighted by Gasteiger charge is 2.38. The van der Waals surface area contributed by atoms with Crippen LogP contribution in [0.1, 0.15) is 33.1 Å². The summed E-state index contributed by atoms with van der Waals surface area (Å²) in [6, 6.07) is 0. The van der Waals surface area contributed by atoms with Crippen LogP contribution in [0.5, 0.6) is 0 Å². The Kier molecular flexibility index (Phi) is 2.74. The lowest BCUT2D eigenvalue weighted by Crippen LogP contribution is -2.35. The van der Waals surface area contributed by atoms with Gasteiger partial charge in [0.2, 0.25) is 0 Å². The van der Waals surface area contributed by atoms with Gasteiger partial charge in [-0.1, -0.05) is 13.8 Å². The molecule has 1 fully saturated rings. The third-order valence-corrected chi connectivity index (χ3v) is 2.93. The van der Waals surface area contributed by atoms with E-state index in [1.54, 1.807) is 0 Å². The molecule has 74 valence electrons. The molecule has 0 aliphatic heterocycles. The number of hydrogen-bond donors (Lipinski definition) is 1. The van der Waals surface area contributed by atoms with Crippen molar-refractivity contribution < 1.29 is 14.7 Å². The Hall–Kier alpha value is -0.860. The Morgan fingerprint density at radius 2 is 2.15 bits per heavy atom. The maximum absolute atomic E-state index is 10.8. The van der Waals surface area contributed by atoms with E-state index in [9.17, 15) is 9.59 Å². The summed E-state index contributed by atoms with van der Waals surface area (Å²) in [4.78, 5) is 21.5. The fourth-order valence-corrected chi connectivity index (χ4v) is 2.09. The molecular formula is C10H16O3. The predicted molar refractivity (Wildman–Crippen MR) is 48.3 cm³/mol. The summed E-state index contributed by atoms with van der Waals surface area (Å²) in [7, 11) is 0. The van der Waals surface area contributed by atoms with Gasteiger partial charge in [-0.15, -0.1) is 0 Å². The summed E-state index contributed by atoms with van der Waals surface area (Å²) >= 11 is 0. The van der Waals surface area contributed by atoms with Crippen molar-refractivity contribution in [2.24, 2.45) is 17.3 Å². The van der Waals surface area contributed by atoms with E-state index in [1.807, 2.05) is 0 Å². The molecule has 1 aliphatic carbocycles. The minimum Gasteiger partial charge on any atom is -0.481 e. The van der Waals surface area contributed by atoms with Gasteiger partial charge in [-0.3, -0.25) is 4.79 Å². The fraction of sp³-hybridized carbons (Fsp3) is 0.800. The Morgan fingerprint density at radius 1 is 1.54 bits per heavy atom. The smallest absolute Gasteiger partial charge is 0.307 e. The highest BCUT2D eigenvalue weighted by Crippen LogP contribution is 2.40. The molecule has 3 heteroatoms. The molecule has 0 heterocycles. The molecule has 1 saturated carbocycles. The summed E-state index contributed by atoms with van der Waals surface area (Å²) in [5.74, 6) is -1.57. The van der Waals surface area contributed by atoms with Gasteiger partial charge in [-0.05, 0) is 24.7 Å². The van der Waals surface area contributed by atoms with Crippen LogP contribution in [-0.2, 0) is 9.59 Å². The molecule has 1 N–H and O–H groups in total. The van der Waals surface area contributed by atoms with Gasteiger partial charge in [-0.25, -0.2) is 0 Å². The molecule has 1 rings (SSSR count). The second-order valence-electron chi connectivity index (χ2n) is 4.65. The summed E-state index contributed by atoms with van der Waals surface area (Å²) in [6.07, 6.45) is 3.03. The number of carbonyl (C=O) groups is 2. The first kappa shape index (κ1) is 10.2. The van der Waals surface area contributed by atoms with Crippen LogP contribution in [0, 0.1) is 17.3 Å². The molecule has 0 aromatic heterocycles. The number of carboxylic acid groups (broad SMARTS) is 1. The molecule has 13 heavy (non-hydrogen) atoms. The molecule has 1 aliphatic rings. The number of hydrogen-bond acceptors (Lipinski definition) is 2. The predicted octanol–water partition coefficient (Wildman–Crippen LogP) is 1.71. The maximum atomic E-state index is 10.8. The van der Waals surface area contributed by atoms with Gasteiger partial charge in [-0.2, -0.15) is 0 Å². The quantitative estimate of drug-likeness (QED) is 0.665. The number of carboxylic acids is 1. The summed E-state index contributed by atoms with van der Waals surface area (Å²) in [6.45, 7) is 4.17. The number of carbonyl (C=O) groups excluding carboxylic acids is 1. The van der Waals surface area contributed by atoms with Gasteiger partial charge in [0.15, 0.2) is 0 Å². The first-order valence-electron chi connectivity index (χ1n) is 4.64. The second-order valence-corrected chi connectivity index (χ2v) is 4.65.